The zero-order chi connectivity index (χ0) is 14.7. The first kappa shape index (κ1) is 14.2. The van der Waals surface area contributed by atoms with Crippen LogP contribution >= 0.6 is 15.9 Å². The highest BCUT2D eigenvalue weighted by Crippen LogP contribution is 2.22. The van der Waals surface area contributed by atoms with Gasteiger partial charge in [0.2, 0.25) is 5.76 Å². The predicted octanol–water partition coefficient (Wildman–Crippen LogP) is 3.53. The molecule has 0 aliphatic rings. The Hall–Kier alpha value is -2.26. The summed E-state index contributed by atoms with van der Waals surface area (Å²) in [5.74, 6) is -0.644. The number of halogens is 1. The van der Waals surface area contributed by atoms with Gasteiger partial charge >= 0.3 is 5.97 Å². The second-order valence-electron chi connectivity index (χ2n) is 4.19. The maximum Gasteiger partial charge on any atom is 0.372 e. The minimum atomic E-state index is -1.09. The van der Waals surface area contributed by atoms with Crippen LogP contribution in [0.2, 0.25) is 0 Å². The minimum absolute atomic E-state index is 0.0588. The second-order valence-corrected chi connectivity index (χ2v) is 5.10. The SMILES string of the molecule is Cc1cc(CNc2cc(Br)ccc2C#N)oc1C(=O)O. The van der Waals surface area contributed by atoms with Crippen molar-refractivity contribution in [2.45, 2.75) is 13.5 Å². The third-order valence-electron chi connectivity index (χ3n) is 2.72. The summed E-state index contributed by atoms with van der Waals surface area (Å²) >= 11 is 3.34. The third-order valence-corrected chi connectivity index (χ3v) is 3.21. The molecule has 6 heteroatoms. The highest BCUT2D eigenvalue weighted by molar-refractivity contribution is 9.10. The van der Waals surface area contributed by atoms with Crippen molar-refractivity contribution in [1.82, 2.24) is 0 Å². The van der Waals surface area contributed by atoms with Crippen molar-refractivity contribution >= 4 is 27.6 Å². The Bertz CT molecular complexity index is 701. The van der Waals surface area contributed by atoms with Crippen molar-refractivity contribution in [3.05, 3.63) is 51.4 Å². The molecule has 0 amide bonds. The Kier molecular flexibility index (Phi) is 4.11. The average molecular weight is 335 g/mol. The van der Waals surface area contributed by atoms with Crippen LogP contribution in [-0.2, 0) is 6.54 Å². The first-order valence-electron chi connectivity index (χ1n) is 5.77. The smallest absolute Gasteiger partial charge is 0.372 e. The van der Waals surface area contributed by atoms with Gasteiger partial charge in [0.25, 0.3) is 0 Å². The maximum atomic E-state index is 10.9. The van der Waals surface area contributed by atoms with E-state index in [-0.39, 0.29) is 5.76 Å². The molecule has 1 aromatic carbocycles. The van der Waals surface area contributed by atoms with Gasteiger partial charge in [-0.05, 0) is 31.2 Å². The summed E-state index contributed by atoms with van der Waals surface area (Å²) in [7, 11) is 0. The van der Waals surface area contributed by atoms with Crippen molar-refractivity contribution in [3.63, 3.8) is 0 Å². The molecule has 0 saturated heterocycles. The third kappa shape index (κ3) is 3.00. The number of carboxylic acid groups (broad SMARTS) is 1. The van der Waals surface area contributed by atoms with Crippen LogP contribution in [-0.4, -0.2) is 11.1 Å². The molecule has 0 bridgehead atoms. The molecular weight excluding hydrogens is 324 g/mol. The number of hydrogen-bond acceptors (Lipinski definition) is 4. The van der Waals surface area contributed by atoms with Gasteiger partial charge in [-0.1, -0.05) is 15.9 Å². The molecule has 2 rings (SSSR count). The van der Waals surface area contributed by atoms with Crippen molar-refractivity contribution in [2.75, 3.05) is 5.32 Å². The van der Waals surface area contributed by atoms with Crippen molar-refractivity contribution in [2.24, 2.45) is 0 Å². The van der Waals surface area contributed by atoms with Gasteiger partial charge in [-0.3, -0.25) is 0 Å². The van der Waals surface area contributed by atoms with E-state index in [2.05, 4.69) is 27.3 Å². The van der Waals surface area contributed by atoms with Crippen molar-refractivity contribution < 1.29 is 14.3 Å². The predicted molar refractivity (Wildman–Crippen MR) is 76.6 cm³/mol. The fourth-order valence-corrected chi connectivity index (χ4v) is 2.15. The summed E-state index contributed by atoms with van der Waals surface area (Å²) in [6.45, 7) is 1.98. The van der Waals surface area contributed by atoms with E-state index < -0.39 is 5.97 Å². The summed E-state index contributed by atoms with van der Waals surface area (Å²) in [4.78, 5) is 10.9. The Labute approximate surface area is 124 Å². The molecule has 5 nitrogen and oxygen atoms in total. The summed E-state index contributed by atoms with van der Waals surface area (Å²) < 4.78 is 6.09. The van der Waals surface area contributed by atoms with Gasteiger partial charge in [-0.15, -0.1) is 0 Å². The largest absolute Gasteiger partial charge is 0.475 e. The summed E-state index contributed by atoms with van der Waals surface area (Å²) in [6.07, 6.45) is 0. The maximum absolute atomic E-state index is 10.9. The number of nitriles is 1. The number of hydrogen-bond donors (Lipinski definition) is 2. The summed E-state index contributed by atoms with van der Waals surface area (Å²) in [6, 6.07) is 9.02. The zero-order valence-electron chi connectivity index (χ0n) is 10.6. The molecule has 0 unspecified atom stereocenters. The molecule has 0 aliphatic carbocycles. The van der Waals surface area contributed by atoms with Crippen LogP contribution in [0.15, 0.2) is 33.2 Å². The van der Waals surface area contributed by atoms with E-state index in [0.29, 0.717) is 29.1 Å². The molecule has 0 spiro atoms. The molecule has 102 valence electrons. The van der Waals surface area contributed by atoms with Crippen molar-refractivity contribution in [1.29, 1.82) is 5.26 Å². The topological polar surface area (TPSA) is 86.3 Å². The van der Waals surface area contributed by atoms with Crippen LogP contribution in [0.25, 0.3) is 0 Å². The molecule has 0 fully saturated rings. The molecule has 0 radical (unpaired) electrons. The van der Waals surface area contributed by atoms with E-state index in [9.17, 15) is 4.79 Å². The first-order valence-corrected chi connectivity index (χ1v) is 6.56. The Morgan fingerprint density at radius 3 is 2.85 bits per heavy atom. The second kappa shape index (κ2) is 5.80. The number of benzene rings is 1. The lowest BCUT2D eigenvalue weighted by atomic mass is 10.2. The van der Waals surface area contributed by atoms with Crippen LogP contribution in [0.5, 0.6) is 0 Å². The van der Waals surface area contributed by atoms with Gasteiger partial charge in [0.15, 0.2) is 0 Å². The monoisotopic (exact) mass is 334 g/mol. The van der Waals surface area contributed by atoms with Gasteiger partial charge in [0.05, 0.1) is 17.8 Å². The van der Waals surface area contributed by atoms with E-state index in [1.54, 1.807) is 31.2 Å². The van der Waals surface area contributed by atoms with E-state index in [1.165, 1.54) is 0 Å². The Morgan fingerprint density at radius 2 is 2.25 bits per heavy atom. The molecule has 0 saturated carbocycles. The lowest BCUT2D eigenvalue weighted by Crippen LogP contribution is -2.00. The Balaban J connectivity index is 2.17. The van der Waals surface area contributed by atoms with E-state index in [1.807, 2.05) is 0 Å². The number of aryl methyl sites for hydroxylation is 1. The minimum Gasteiger partial charge on any atom is -0.475 e. The van der Waals surface area contributed by atoms with Crippen LogP contribution < -0.4 is 5.32 Å². The highest BCUT2D eigenvalue weighted by Gasteiger charge is 2.14. The molecule has 1 heterocycles. The van der Waals surface area contributed by atoms with E-state index in [0.717, 1.165) is 4.47 Å². The van der Waals surface area contributed by atoms with E-state index >= 15 is 0 Å². The van der Waals surface area contributed by atoms with Gasteiger partial charge in [-0.25, -0.2) is 4.79 Å². The van der Waals surface area contributed by atoms with Gasteiger partial charge in [0, 0.05) is 10.0 Å². The number of rotatable bonds is 4. The van der Waals surface area contributed by atoms with Gasteiger partial charge in [-0.2, -0.15) is 5.26 Å². The summed E-state index contributed by atoms with van der Waals surface area (Å²) in [5.41, 5.74) is 1.74. The number of carbonyl (C=O) groups is 1. The van der Waals surface area contributed by atoms with Gasteiger partial charge in [0.1, 0.15) is 11.8 Å². The molecule has 0 aliphatic heterocycles. The van der Waals surface area contributed by atoms with Crippen LogP contribution in [0.1, 0.15) is 27.4 Å². The molecule has 2 aromatic rings. The molecule has 1 aromatic heterocycles. The van der Waals surface area contributed by atoms with Crippen LogP contribution in [0.3, 0.4) is 0 Å². The molecule has 20 heavy (non-hydrogen) atoms. The Morgan fingerprint density at radius 1 is 1.50 bits per heavy atom. The number of nitrogens with one attached hydrogen (secondary N) is 1. The molecular formula is C14H11BrN2O3. The zero-order valence-corrected chi connectivity index (χ0v) is 12.2. The lowest BCUT2D eigenvalue weighted by Gasteiger charge is -2.06. The van der Waals surface area contributed by atoms with Crippen LogP contribution in [0, 0.1) is 18.3 Å². The molecule has 0 atom stereocenters. The number of anilines is 1. The van der Waals surface area contributed by atoms with Crippen LogP contribution in [0.4, 0.5) is 5.69 Å². The van der Waals surface area contributed by atoms with E-state index in [4.69, 9.17) is 14.8 Å². The number of furan rings is 1. The number of nitrogens with zero attached hydrogens (tertiary/aromatic N) is 1. The first-order chi connectivity index (χ1) is 9.51. The normalized spacial score (nSPS) is 10.1. The quantitative estimate of drug-likeness (QED) is 0.893. The lowest BCUT2D eigenvalue weighted by molar-refractivity contribution is 0.0659. The van der Waals surface area contributed by atoms with Gasteiger partial charge < -0.3 is 14.8 Å². The number of aromatic carboxylic acids is 1. The fourth-order valence-electron chi connectivity index (χ4n) is 1.79. The van der Waals surface area contributed by atoms with Crippen molar-refractivity contribution in [3.8, 4) is 6.07 Å². The highest BCUT2D eigenvalue weighted by atomic mass is 79.9. The molecule has 2 N–H and O–H groups in total. The summed E-state index contributed by atoms with van der Waals surface area (Å²) in [5, 5.41) is 21.0. The standard InChI is InChI=1S/C14H11BrN2O3/c1-8-4-11(20-13(8)14(18)19)7-17-12-5-10(15)3-2-9(12)6-16/h2-5,17H,7H2,1H3,(H,18,19). The average Bonchev–Trinajstić information content (AvgIpc) is 2.78. The fraction of sp³-hybridized carbons (Fsp3) is 0.143. The number of carboxylic acids is 1.